The Balaban J connectivity index is 1.21. The Morgan fingerprint density at radius 3 is 2.38 bits per heavy atom. The summed E-state index contributed by atoms with van der Waals surface area (Å²) in [4.78, 5) is 56.3. The van der Waals surface area contributed by atoms with Crippen LogP contribution in [0.5, 0.6) is 17.2 Å². The van der Waals surface area contributed by atoms with Crippen LogP contribution >= 0.6 is 31.9 Å². The van der Waals surface area contributed by atoms with Gasteiger partial charge in [-0.05, 0) is 88.8 Å². The number of phenolic OH excluding ortho intramolecular Hbond substituents is 1. The molecule has 1 N–H and O–H groups in total. The number of carbonyl (C=O) groups is 4. The second kappa shape index (κ2) is 12.5. The third-order valence-electron chi connectivity index (χ3n) is 9.68. The molecule has 0 bridgehead atoms. The van der Waals surface area contributed by atoms with Crippen molar-refractivity contribution in [1.29, 1.82) is 0 Å². The summed E-state index contributed by atoms with van der Waals surface area (Å²) in [5.41, 5.74) is 4.00. The molecule has 4 aliphatic rings. The molecule has 8 nitrogen and oxygen atoms in total. The van der Waals surface area contributed by atoms with E-state index in [1.165, 1.54) is 17.0 Å². The molecule has 0 aromatic heterocycles. The molecule has 0 radical (unpaired) electrons. The SMILES string of the molecule is COc1ccc(OC)c(C=Cc2ccc(N3C(=O)C4CC=C5C(c6cc(Br)ccc6O)C6=C(CC5C4C3=O)C(=O)C(Br)=CC6=O)cc2)c1. The lowest BCUT2D eigenvalue weighted by atomic mass is 9.59. The van der Waals surface area contributed by atoms with Crippen molar-refractivity contribution in [3.8, 4) is 17.2 Å². The molecule has 1 saturated heterocycles. The lowest BCUT2D eigenvalue weighted by molar-refractivity contribution is -0.123. The van der Waals surface area contributed by atoms with Crippen molar-refractivity contribution in [1.82, 2.24) is 0 Å². The zero-order chi connectivity index (χ0) is 33.9. The van der Waals surface area contributed by atoms with Gasteiger partial charge in [0, 0.05) is 38.7 Å². The third kappa shape index (κ3) is 5.27. The predicted molar refractivity (Wildman–Crippen MR) is 188 cm³/mol. The molecule has 4 unspecified atom stereocenters. The van der Waals surface area contributed by atoms with Gasteiger partial charge in [0.05, 0.1) is 36.2 Å². The van der Waals surface area contributed by atoms with Gasteiger partial charge < -0.3 is 14.6 Å². The summed E-state index contributed by atoms with van der Waals surface area (Å²) in [6.07, 6.45) is 7.46. The predicted octanol–water partition coefficient (Wildman–Crippen LogP) is 7.31. The topological polar surface area (TPSA) is 110 Å². The van der Waals surface area contributed by atoms with Crippen molar-refractivity contribution >= 4 is 73.1 Å². The Morgan fingerprint density at radius 2 is 1.65 bits per heavy atom. The second-order valence-electron chi connectivity index (χ2n) is 12.1. The quantitative estimate of drug-likeness (QED) is 0.121. The number of nitrogens with zero attached hydrogens (tertiary/aromatic N) is 1. The molecular weight excluding hydrogens is 742 g/mol. The fraction of sp³-hybridized carbons (Fsp3) is 0.211. The molecule has 242 valence electrons. The summed E-state index contributed by atoms with van der Waals surface area (Å²) in [6.45, 7) is 0. The summed E-state index contributed by atoms with van der Waals surface area (Å²) in [5, 5.41) is 11.0. The monoisotopic (exact) mass is 769 g/mol. The molecule has 4 atom stereocenters. The molecule has 3 aliphatic carbocycles. The van der Waals surface area contributed by atoms with Crippen LogP contribution in [0.15, 0.2) is 98.5 Å². The number of amides is 2. The normalized spacial score (nSPS) is 23.5. The molecule has 0 spiro atoms. The number of anilines is 1. The Labute approximate surface area is 293 Å². The highest BCUT2D eigenvalue weighted by Gasteiger charge is 2.56. The fourth-order valence-electron chi connectivity index (χ4n) is 7.46. The number of ether oxygens (including phenoxy) is 2. The van der Waals surface area contributed by atoms with Crippen molar-refractivity contribution in [2.24, 2.45) is 17.8 Å². The molecule has 10 heteroatoms. The number of imide groups is 1. The first-order valence-electron chi connectivity index (χ1n) is 15.4. The first kappa shape index (κ1) is 32.0. The van der Waals surface area contributed by atoms with Crippen molar-refractivity contribution < 1.29 is 33.8 Å². The van der Waals surface area contributed by atoms with Crippen molar-refractivity contribution in [2.75, 3.05) is 19.1 Å². The molecule has 1 aliphatic heterocycles. The van der Waals surface area contributed by atoms with Crippen molar-refractivity contribution in [3.63, 3.8) is 0 Å². The standard InChI is InChI=1S/C38H29Br2NO7/c1-47-23-10-14-32(48-2)20(15-23)6-3-19-4-8-22(9-5-19)41-37(45)25-12-11-24-26(34(25)38(41)46)17-28-35(31(43)18-29(40)36(28)44)33(24)27-16-21(39)7-13-30(27)42/h3-11,13-16,18,25-26,33-34,42H,12,17H2,1-2H3. The molecule has 7 rings (SSSR count). The fourth-order valence-corrected chi connectivity index (χ4v) is 8.29. The Morgan fingerprint density at radius 1 is 0.875 bits per heavy atom. The zero-order valence-corrected chi connectivity index (χ0v) is 29.1. The Kier molecular flexibility index (Phi) is 8.33. The van der Waals surface area contributed by atoms with Gasteiger partial charge in [0.1, 0.15) is 17.2 Å². The maximum atomic E-state index is 14.3. The van der Waals surface area contributed by atoms with Gasteiger partial charge in [0.2, 0.25) is 11.8 Å². The van der Waals surface area contributed by atoms with Gasteiger partial charge in [0.15, 0.2) is 11.6 Å². The first-order valence-corrected chi connectivity index (χ1v) is 17.0. The summed E-state index contributed by atoms with van der Waals surface area (Å²) >= 11 is 6.72. The highest BCUT2D eigenvalue weighted by atomic mass is 79.9. The maximum Gasteiger partial charge on any atom is 0.238 e. The van der Waals surface area contributed by atoms with Crippen LogP contribution in [0.25, 0.3) is 12.2 Å². The molecule has 3 aromatic rings. The number of halogens is 2. The van der Waals surface area contributed by atoms with E-state index in [4.69, 9.17) is 9.47 Å². The van der Waals surface area contributed by atoms with E-state index < -0.39 is 23.7 Å². The van der Waals surface area contributed by atoms with E-state index in [1.807, 2.05) is 48.6 Å². The minimum atomic E-state index is -0.739. The number of aromatic hydroxyl groups is 1. The molecular formula is C38H29Br2NO7. The maximum absolute atomic E-state index is 14.3. The van der Waals surface area contributed by atoms with Crippen LogP contribution in [0.1, 0.15) is 35.4 Å². The number of ketones is 2. The van der Waals surface area contributed by atoms with Crippen LogP contribution in [-0.2, 0) is 19.2 Å². The van der Waals surface area contributed by atoms with E-state index in [0.29, 0.717) is 44.8 Å². The van der Waals surface area contributed by atoms with E-state index in [2.05, 4.69) is 31.9 Å². The molecule has 3 aromatic carbocycles. The first-order chi connectivity index (χ1) is 23.1. The number of phenols is 1. The number of hydrogen-bond donors (Lipinski definition) is 1. The largest absolute Gasteiger partial charge is 0.508 e. The molecule has 1 heterocycles. The molecule has 48 heavy (non-hydrogen) atoms. The van der Waals surface area contributed by atoms with Crippen LogP contribution in [0.2, 0.25) is 0 Å². The lowest BCUT2D eigenvalue weighted by Crippen LogP contribution is -2.39. The number of carbonyl (C=O) groups excluding carboxylic acids is 4. The van der Waals surface area contributed by atoms with Gasteiger partial charge in [-0.3, -0.25) is 24.1 Å². The number of methoxy groups -OCH3 is 2. The van der Waals surface area contributed by atoms with Crippen LogP contribution in [0, 0.1) is 17.8 Å². The van der Waals surface area contributed by atoms with E-state index in [-0.39, 0.29) is 40.0 Å². The smallest absolute Gasteiger partial charge is 0.238 e. The molecule has 2 amide bonds. The van der Waals surface area contributed by atoms with E-state index >= 15 is 0 Å². The number of fused-ring (bicyclic) bond motifs is 3. The lowest BCUT2D eigenvalue weighted by Gasteiger charge is -2.42. The Hall–Kier alpha value is -4.54. The summed E-state index contributed by atoms with van der Waals surface area (Å²) in [5.74, 6) is -2.50. The van der Waals surface area contributed by atoms with Crippen LogP contribution < -0.4 is 14.4 Å². The number of Topliss-reactive ketones (excluding diaryl/α,β-unsaturated/α-hetero) is 1. The summed E-state index contributed by atoms with van der Waals surface area (Å²) in [6, 6.07) is 17.7. The average molecular weight is 771 g/mol. The van der Waals surface area contributed by atoms with Gasteiger partial charge in [0.25, 0.3) is 0 Å². The number of hydrogen-bond acceptors (Lipinski definition) is 7. The highest BCUT2D eigenvalue weighted by molar-refractivity contribution is 9.12. The number of rotatable bonds is 6. The van der Waals surface area contributed by atoms with Gasteiger partial charge in [-0.15, -0.1) is 0 Å². The number of benzene rings is 3. The Bertz CT molecular complexity index is 2040. The van der Waals surface area contributed by atoms with Crippen LogP contribution in [0.3, 0.4) is 0 Å². The molecule has 0 saturated carbocycles. The van der Waals surface area contributed by atoms with Crippen LogP contribution in [0.4, 0.5) is 5.69 Å². The highest BCUT2D eigenvalue weighted by Crippen LogP contribution is 2.56. The minimum absolute atomic E-state index is 0.0259. The summed E-state index contributed by atoms with van der Waals surface area (Å²) in [7, 11) is 3.20. The van der Waals surface area contributed by atoms with E-state index in [0.717, 1.165) is 16.7 Å². The van der Waals surface area contributed by atoms with Crippen molar-refractivity contribution in [2.45, 2.75) is 18.8 Å². The minimum Gasteiger partial charge on any atom is -0.508 e. The van der Waals surface area contributed by atoms with E-state index in [1.54, 1.807) is 38.5 Å². The molecule has 1 fully saturated rings. The third-order valence-corrected chi connectivity index (χ3v) is 10.8. The van der Waals surface area contributed by atoms with Gasteiger partial charge in [-0.25, -0.2) is 0 Å². The summed E-state index contributed by atoms with van der Waals surface area (Å²) < 4.78 is 11.6. The zero-order valence-electron chi connectivity index (χ0n) is 25.9. The van der Waals surface area contributed by atoms with Gasteiger partial charge in [-0.2, -0.15) is 0 Å². The average Bonchev–Trinajstić information content (AvgIpc) is 3.35. The van der Waals surface area contributed by atoms with Gasteiger partial charge in [-0.1, -0.05) is 51.9 Å². The second-order valence-corrected chi connectivity index (χ2v) is 13.9. The van der Waals surface area contributed by atoms with Gasteiger partial charge >= 0.3 is 0 Å². The van der Waals surface area contributed by atoms with Crippen molar-refractivity contribution in [3.05, 3.63) is 115 Å². The van der Waals surface area contributed by atoms with Crippen LogP contribution in [-0.4, -0.2) is 42.7 Å². The number of allylic oxidation sites excluding steroid dienone is 6. The van der Waals surface area contributed by atoms with E-state index in [9.17, 15) is 24.3 Å².